The number of hydrogen-bond donors (Lipinski definition) is 1. The fourth-order valence-electron chi connectivity index (χ4n) is 3.07. The molecule has 1 N–H and O–H groups in total. The Morgan fingerprint density at radius 2 is 1.96 bits per heavy atom. The lowest BCUT2D eigenvalue weighted by Crippen LogP contribution is -2.50. The molecule has 0 aromatic heterocycles. The van der Waals surface area contributed by atoms with E-state index in [0.29, 0.717) is 12.2 Å². The van der Waals surface area contributed by atoms with E-state index < -0.39 is 11.5 Å². The van der Waals surface area contributed by atoms with Gasteiger partial charge in [0.15, 0.2) is 5.54 Å². The Kier molecular flexibility index (Phi) is 4.74. The molecule has 1 aliphatic rings. The lowest BCUT2D eigenvalue weighted by Gasteiger charge is -2.28. The van der Waals surface area contributed by atoms with Crippen LogP contribution in [0.5, 0.6) is 5.75 Å². The number of methoxy groups -OCH3 is 1. The summed E-state index contributed by atoms with van der Waals surface area (Å²) in [6, 6.07) is 14.8. The van der Waals surface area contributed by atoms with Crippen molar-refractivity contribution in [3.63, 3.8) is 0 Å². The maximum Gasteiger partial charge on any atom is 0.336 e. The molecule has 1 amide bonds. The van der Waals surface area contributed by atoms with Crippen molar-refractivity contribution in [3.8, 4) is 5.75 Å². The van der Waals surface area contributed by atoms with Crippen molar-refractivity contribution >= 4 is 11.9 Å². The van der Waals surface area contributed by atoms with Gasteiger partial charge in [-0.3, -0.25) is 4.79 Å². The van der Waals surface area contributed by atoms with Crippen LogP contribution in [-0.2, 0) is 32.7 Å². The van der Waals surface area contributed by atoms with Gasteiger partial charge in [0, 0.05) is 6.42 Å². The molecule has 130 valence electrons. The Bertz CT molecular complexity index is 788. The zero-order valence-electron chi connectivity index (χ0n) is 14.4. The summed E-state index contributed by atoms with van der Waals surface area (Å²) in [7, 11) is 1.32. The fraction of sp³-hybridized carbons (Fsp3) is 0.300. The van der Waals surface area contributed by atoms with E-state index in [1.54, 1.807) is 19.1 Å². The smallest absolute Gasteiger partial charge is 0.336 e. The number of carbonyl (C=O) groups is 2. The number of hydrogen-bond acceptors (Lipinski definition) is 4. The first-order chi connectivity index (χ1) is 12.0. The first kappa shape index (κ1) is 17.0. The third-order valence-electron chi connectivity index (χ3n) is 4.45. The molecule has 2 aromatic carbocycles. The second-order valence-electron chi connectivity index (χ2n) is 6.25. The normalized spacial score (nSPS) is 14.8. The summed E-state index contributed by atoms with van der Waals surface area (Å²) < 4.78 is 10.4. The van der Waals surface area contributed by atoms with Crippen molar-refractivity contribution in [2.24, 2.45) is 0 Å². The fourth-order valence-corrected chi connectivity index (χ4v) is 3.07. The minimum absolute atomic E-state index is 0.187. The molecule has 1 aliphatic heterocycles. The van der Waals surface area contributed by atoms with Gasteiger partial charge in [-0.15, -0.1) is 0 Å². The third kappa shape index (κ3) is 3.50. The maximum atomic E-state index is 12.6. The molecule has 1 heterocycles. The molecular weight excluding hydrogens is 318 g/mol. The molecule has 0 aliphatic carbocycles. The van der Waals surface area contributed by atoms with E-state index in [2.05, 4.69) is 5.32 Å². The van der Waals surface area contributed by atoms with Crippen molar-refractivity contribution in [1.29, 1.82) is 0 Å². The number of rotatable bonds is 5. The summed E-state index contributed by atoms with van der Waals surface area (Å²) in [6.07, 6.45) is 1.04. The highest BCUT2D eigenvalue weighted by molar-refractivity contribution is 5.89. The second kappa shape index (κ2) is 6.97. The van der Waals surface area contributed by atoms with E-state index in [1.807, 2.05) is 36.4 Å². The van der Waals surface area contributed by atoms with Crippen LogP contribution < -0.4 is 10.1 Å². The minimum atomic E-state index is -1.23. The molecule has 3 rings (SSSR count). The predicted octanol–water partition coefficient (Wildman–Crippen LogP) is 2.37. The number of amides is 1. The van der Waals surface area contributed by atoms with E-state index in [0.717, 1.165) is 23.3 Å². The highest BCUT2D eigenvalue weighted by Crippen LogP contribution is 2.26. The molecule has 0 saturated heterocycles. The Labute approximate surface area is 147 Å². The number of benzene rings is 2. The summed E-state index contributed by atoms with van der Waals surface area (Å²) in [5, 5.41) is 2.83. The van der Waals surface area contributed by atoms with Crippen molar-refractivity contribution in [2.45, 2.75) is 25.3 Å². The average molecular weight is 339 g/mol. The first-order valence-electron chi connectivity index (χ1n) is 8.22. The topological polar surface area (TPSA) is 64.6 Å². The zero-order chi connectivity index (χ0) is 17.9. The molecule has 0 saturated carbocycles. The molecule has 25 heavy (non-hydrogen) atoms. The van der Waals surface area contributed by atoms with E-state index >= 15 is 0 Å². The standard InChI is InChI=1S/C20H21NO4/c1-20(19(23)24-2,16-6-4-3-5-7-16)21-18(22)13-14-8-9-17-15(12-14)10-11-25-17/h3-9,12H,10-11,13H2,1-2H3,(H,21,22)/t20-/m0/s1. The third-order valence-corrected chi connectivity index (χ3v) is 4.45. The lowest BCUT2D eigenvalue weighted by atomic mass is 9.91. The summed E-state index contributed by atoms with van der Waals surface area (Å²) in [6.45, 7) is 2.34. The first-order valence-corrected chi connectivity index (χ1v) is 8.22. The SMILES string of the molecule is COC(=O)[C@@](C)(NC(=O)Cc1ccc2c(c1)CCO2)c1ccccc1. The van der Waals surface area contributed by atoms with Gasteiger partial charge in [0.05, 0.1) is 20.1 Å². The van der Waals surface area contributed by atoms with Crippen molar-refractivity contribution < 1.29 is 19.1 Å². The van der Waals surface area contributed by atoms with Crippen molar-refractivity contribution in [3.05, 3.63) is 65.2 Å². The highest BCUT2D eigenvalue weighted by atomic mass is 16.5. The van der Waals surface area contributed by atoms with Crippen LogP contribution in [0.4, 0.5) is 0 Å². The van der Waals surface area contributed by atoms with Crippen LogP contribution in [0.2, 0.25) is 0 Å². The van der Waals surface area contributed by atoms with Gasteiger partial charge in [-0.05, 0) is 29.7 Å². The van der Waals surface area contributed by atoms with Gasteiger partial charge in [-0.25, -0.2) is 4.79 Å². The Hall–Kier alpha value is -2.82. The number of carbonyl (C=O) groups excluding carboxylic acids is 2. The highest BCUT2D eigenvalue weighted by Gasteiger charge is 2.37. The predicted molar refractivity (Wildman–Crippen MR) is 93.3 cm³/mol. The van der Waals surface area contributed by atoms with Gasteiger partial charge in [0.1, 0.15) is 5.75 Å². The van der Waals surface area contributed by atoms with Crippen LogP contribution in [0.25, 0.3) is 0 Å². The number of fused-ring (bicyclic) bond motifs is 1. The Balaban J connectivity index is 1.78. The van der Waals surface area contributed by atoms with E-state index in [1.165, 1.54) is 7.11 Å². The minimum Gasteiger partial charge on any atom is -0.493 e. The number of nitrogens with one attached hydrogen (secondary N) is 1. The molecule has 2 aromatic rings. The molecule has 5 heteroatoms. The summed E-state index contributed by atoms with van der Waals surface area (Å²) >= 11 is 0. The average Bonchev–Trinajstić information content (AvgIpc) is 3.09. The quantitative estimate of drug-likeness (QED) is 0.850. The van der Waals surface area contributed by atoms with Crippen molar-refractivity contribution in [1.82, 2.24) is 5.32 Å². The second-order valence-corrected chi connectivity index (χ2v) is 6.25. The van der Waals surface area contributed by atoms with Crippen LogP contribution in [0.15, 0.2) is 48.5 Å². The Morgan fingerprint density at radius 3 is 2.68 bits per heavy atom. The van der Waals surface area contributed by atoms with Crippen LogP contribution >= 0.6 is 0 Å². The molecule has 0 fully saturated rings. The van der Waals surface area contributed by atoms with Crippen LogP contribution in [0.1, 0.15) is 23.6 Å². The molecule has 0 spiro atoms. The molecule has 0 unspecified atom stereocenters. The van der Waals surface area contributed by atoms with Crippen LogP contribution in [0.3, 0.4) is 0 Å². The van der Waals surface area contributed by atoms with E-state index in [-0.39, 0.29) is 12.3 Å². The summed E-state index contributed by atoms with van der Waals surface area (Å²) in [5.74, 6) is 0.137. The lowest BCUT2D eigenvalue weighted by molar-refractivity contribution is -0.150. The summed E-state index contributed by atoms with van der Waals surface area (Å²) in [4.78, 5) is 24.9. The van der Waals surface area contributed by atoms with Gasteiger partial charge < -0.3 is 14.8 Å². The molecular formula is C20H21NO4. The summed E-state index contributed by atoms with van der Waals surface area (Å²) in [5.41, 5.74) is 1.45. The van der Waals surface area contributed by atoms with E-state index in [9.17, 15) is 9.59 Å². The largest absolute Gasteiger partial charge is 0.493 e. The van der Waals surface area contributed by atoms with Crippen LogP contribution in [-0.4, -0.2) is 25.6 Å². The van der Waals surface area contributed by atoms with Gasteiger partial charge >= 0.3 is 5.97 Å². The van der Waals surface area contributed by atoms with Gasteiger partial charge in [-0.1, -0.05) is 42.5 Å². The molecule has 0 radical (unpaired) electrons. The molecule has 5 nitrogen and oxygen atoms in total. The van der Waals surface area contributed by atoms with E-state index in [4.69, 9.17) is 9.47 Å². The van der Waals surface area contributed by atoms with Gasteiger partial charge in [-0.2, -0.15) is 0 Å². The monoisotopic (exact) mass is 339 g/mol. The number of esters is 1. The molecule has 0 bridgehead atoms. The van der Waals surface area contributed by atoms with Crippen LogP contribution in [0, 0.1) is 0 Å². The molecule has 1 atom stereocenters. The Morgan fingerprint density at radius 1 is 1.20 bits per heavy atom. The number of ether oxygens (including phenoxy) is 2. The maximum absolute atomic E-state index is 12.6. The van der Waals surface area contributed by atoms with Gasteiger partial charge in [0.25, 0.3) is 0 Å². The van der Waals surface area contributed by atoms with Crippen molar-refractivity contribution in [2.75, 3.05) is 13.7 Å². The zero-order valence-corrected chi connectivity index (χ0v) is 14.4. The van der Waals surface area contributed by atoms with Gasteiger partial charge in [0.2, 0.25) is 5.91 Å².